The van der Waals surface area contributed by atoms with Crippen molar-refractivity contribution in [3.05, 3.63) is 54.7 Å². The van der Waals surface area contributed by atoms with Crippen molar-refractivity contribution < 1.29 is 41.6 Å². The van der Waals surface area contributed by atoms with Crippen molar-refractivity contribution in [2.75, 3.05) is 6.54 Å². The van der Waals surface area contributed by atoms with Crippen LogP contribution >= 0.6 is 0 Å². The van der Waals surface area contributed by atoms with Gasteiger partial charge < -0.3 is 29.5 Å². The summed E-state index contributed by atoms with van der Waals surface area (Å²) in [6.07, 6.45) is 0.911. The number of likely N-dealkylation sites (tertiary alicyclic amines) is 1. The number of pyridine rings is 1. The zero-order chi connectivity index (χ0) is 39.4. The van der Waals surface area contributed by atoms with Crippen LogP contribution in [0.15, 0.2) is 53.6 Å². The number of ether oxygens (including phenoxy) is 2. The van der Waals surface area contributed by atoms with E-state index in [2.05, 4.69) is 27.1 Å². The Morgan fingerprint density at radius 1 is 1.09 bits per heavy atom. The van der Waals surface area contributed by atoms with Crippen LogP contribution in [0.4, 0.5) is 4.79 Å². The third kappa shape index (κ3) is 8.08. The maximum absolute atomic E-state index is 14.6. The Bertz CT molecular complexity index is 2080. The summed E-state index contributed by atoms with van der Waals surface area (Å²) in [5.74, 6) is -2.37. The lowest BCUT2D eigenvalue weighted by Crippen LogP contribution is -2.60. The number of sulfonamides is 1. The van der Waals surface area contributed by atoms with Crippen molar-refractivity contribution in [1.82, 2.24) is 30.4 Å². The molecule has 0 radical (unpaired) electrons. The van der Waals surface area contributed by atoms with E-state index < -0.39 is 79.7 Å². The highest BCUT2D eigenvalue weighted by molar-refractivity contribution is 7.91. The normalized spacial score (nSPS) is 23.3. The minimum atomic E-state index is -3.92. The predicted octanol–water partition coefficient (Wildman–Crippen LogP) is 4.16. The number of hydrogen-bond donors (Lipinski definition) is 3. The van der Waals surface area contributed by atoms with E-state index in [1.54, 1.807) is 54.5 Å². The lowest BCUT2D eigenvalue weighted by molar-refractivity contribution is -0.143. The lowest BCUT2D eigenvalue weighted by atomic mass is 9.85. The highest BCUT2D eigenvalue weighted by atomic mass is 32.2. The Labute approximate surface area is 314 Å². The first-order chi connectivity index (χ1) is 25.2. The van der Waals surface area contributed by atoms with Gasteiger partial charge >= 0.3 is 6.09 Å². The first-order valence-electron chi connectivity index (χ1n) is 18.0. The first kappa shape index (κ1) is 38.7. The molecule has 5 atom stereocenters. The van der Waals surface area contributed by atoms with Gasteiger partial charge in [-0.1, -0.05) is 62.3 Å². The number of hydrogen-bond acceptors (Lipinski definition) is 11. The molecule has 15 nitrogen and oxygen atoms in total. The summed E-state index contributed by atoms with van der Waals surface area (Å²) in [4.78, 5) is 61.5. The third-order valence-electron chi connectivity index (χ3n) is 9.79. The monoisotopic (exact) mass is 764 g/mol. The Kier molecular flexibility index (Phi) is 10.1. The standard InChI is InChI=1S/C38H48N6O9S/c1-9-23-19-38(23,34(47)43-54(49,50)25-15-16-25)41-32(45)27-17-24(20-44(27)33(46)31(36(3,4)5)40-35(48)52-37(6,7)8)51-28-18-26(22-13-11-10-12-14-22)39-29-21(2)42-53-30(28)29/h9-14,18,23-25,27,31H,1,15-17,19-20H2,2-8H3,(H,40,48)(H,41,45)(H,43,47). The minimum absolute atomic E-state index is 0.0185. The van der Waals surface area contributed by atoms with Crippen LogP contribution in [0.3, 0.4) is 0 Å². The molecule has 5 unspecified atom stereocenters. The van der Waals surface area contributed by atoms with Crippen molar-refractivity contribution in [2.24, 2.45) is 11.3 Å². The molecular weight excluding hydrogens is 717 g/mol. The smallest absolute Gasteiger partial charge is 0.408 e. The average Bonchev–Trinajstić information content (AvgIpc) is 3.99. The second-order valence-corrected chi connectivity index (χ2v) is 18.4. The summed E-state index contributed by atoms with van der Waals surface area (Å²) in [5.41, 5.74) is -0.524. The quantitative estimate of drug-likeness (QED) is 0.237. The minimum Gasteiger partial charge on any atom is -0.484 e. The van der Waals surface area contributed by atoms with Crippen molar-refractivity contribution in [3.8, 4) is 17.0 Å². The summed E-state index contributed by atoms with van der Waals surface area (Å²) in [6.45, 7) is 15.9. The molecule has 3 heterocycles. The van der Waals surface area contributed by atoms with Gasteiger partial charge in [0.2, 0.25) is 27.4 Å². The molecule has 54 heavy (non-hydrogen) atoms. The number of aromatic nitrogens is 2. The largest absolute Gasteiger partial charge is 0.484 e. The molecular formula is C38H48N6O9S. The van der Waals surface area contributed by atoms with E-state index in [4.69, 9.17) is 19.0 Å². The van der Waals surface area contributed by atoms with Crippen LogP contribution in [-0.4, -0.2) is 88.4 Å². The number of carbonyl (C=O) groups is 4. The van der Waals surface area contributed by atoms with Crippen LogP contribution in [0.25, 0.3) is 22.4 Å². The van der Waals surface area contributed by atoms with Crippen molar-refractivity contribution in [1.29, 1.82) is 0 Å². The molecule has 3 aromatic rings. The van der Waals surface area contributed by atoms with Crippen LogP contribution in [0.2, 0.25) is 0 Å². The lowest BCUT2D eigenvalue weighted by Gasteiger charge is -2.36. The fourth-order valence-electron chi connectivity index (χ4n) is 6.66. The van der Waals surface area contributed by atoms with E-state index in [1.165, 1.54) is 11.0 Å². The van der Waals surface area contributed by atoms with Gasteiger partial charge in [0.25, 0.3) is 5.91 Å². The molecule has 1 aromatic carbocycles. The molecule has 3 aliphatic rings. The van der Waals surface area contributed by atoms with Gasteiger partial charge in [0.1, 0.15) is 40.5 Å². The van der Waals surface area contributed by atoms with Gasteiger partial charge in [-0.05, 0) is 52.4 Å². The van der Waals surface area contributed by atoms with Gasteiger partial charge in [0.05, 0.1) is 17.5 Å². The number of benzene rings is 1. The Balaban J connectivity index is 1.33. The molecule has 290 valence electrons. The molecule has 2 aliphatic carbocycles. The van der Waals surface area contributed by atoms with Gasteiger partial charge in [-0.15, -0.1) is 6.58 Å². The number of nitrogens with zero attached hydrogens (tertiary/aromatic N) is 3. The fourth-order valence-corrected chi connectivity index (χ4v) is 8.02. The SMILES string of the molecule is C=CC1CC1(NC(=O)C1CC(Oc2cc(-c3ccccc3)nc3c(C)noc23)CN1C(=O)C(NC(=O)OC(C)(C)C)C(C)(C)C)C(=O)NS(=O)(=O)C1CC1. The third-order valence-corrected chi connectivity index (χ3v) is 11.6. The summed E-state index contributed by atoms with van der Waals surface area (Å²) in [6, 6.07) is 8.84. The molecule has 4 amide bonds. The van der Waals surface area contributed by atoms with Gasteiger partial charge in [-0.2, -0.15) is 0 Å². The van der Waals surface area contributed by atoms with E-state index in [-0.39, 0.29) is 25.0 Å². The van der Waals surface area contributed by atoms with E-state index in [9.17, 15) is 27.6 Å². The summed E-state index contributed by atoms with van der Waals surface area (Å²) in [7, 11) is -3.92. The van der Waals surface area contributed by atoms with E-state index in [1.807, 2.05) is 30.3 Å². The molecule has 3 fully saturated rings. The zero-order valence-electron chi connectivity index (χ0n) is 31.6. The van der Waals surface area contributed by atoms with Crippen LogP contribution in [-0.2, 0) is 29.1 Å². The van der Waals surface area contributed by atoms with Crippen LogP contribution < -0.4 is 20.1 Å². The Morgan fingerprint density at radius 2 is 1.78 bits per heavy atom. The van der Waals surface area contributed by atoms with E-state index >= 15 is 0 Å². The maximum atomic E-state index is 14.6. The molecule has 3 N–H and O–H groups in total. The second-order valence-electron chi connectivity index (χ2n) is 16.4. The van der Waals surface area contributed by atoms with Gasteiger partial charge in [-0.25, -0.2) is 18.2 Å². The van der Waals surface area contributed by atoms with Crippen LogP contribution in [0.1, 0.15) is 72.9 Å². The molecule has 0 spiro atoms. The fraction of sp³-hybridized carbons (Fsp3) is 0.526. The van der Waals surface area contributed by atoms with E-state index in [0.29, 0.717) is 35.5 Å². The van der Waals surface area contributed by atoms with Crippen molar-refractivity contribution in [2.45, 2.75) is 109 Å². The number of aryl methyl sites for hydroxylation is 1. The summed E-state index contributed by atoms with van der Waals surface area (Å²) < 4.78 is 45.2. The number of alkyl carbamates (subject to hydrolysis) is 1. The van der Waals surface area contributed by atoms with Gasteiger partial charge in [0, 0.05) is 24.0 Å². The molecule has 6 rings (SSSR count). The topological polar surface area (TPSA) is 199 Å². The van der Waals surface area contributed by atoms with Gasteiger partial charge in [0.15, 0.2) is 5.75 Å². The average molecular weight is 765 g/mol. The number of nitrogens with one attached hydrogen (secondary N) is 3. The second kappa shape index (κ2) is 14.0. The molecule has 1 aliphatic heterocycles. The Morgan fingerprint density at radius 3 is 2.37 bits per heavy atom. The first-order valence-corrected chi connectivity index (χ1v) is 19.6. The summed E-state index contributed by atoms with van der Waals surface area (Å²) in [5, 5.41) is 8.92. The van der Waals surface area contributed by atoms with E-state index in [0.717, 1.165) is 5.56 Å². The van der Waals surface area contributed by atoms with Crippen LogP contribution in [0.5, 0.6) is 5.75 Å². The molecule has 16 heteroatoms. The maximum Gasteiger partial charge on any atom is 0.408 e. The Hall–Kier alpha value is -4.99. The number of fused-ring (bicyclic) bond motifs is 1. The molecule has 0 bridgehead atoms. The zero-order valence-corrected chi connectivity index (χ0v) is 32.4. The highest BCUT2D eigenvalue weighted by Crippen LogP contribution is 2.46. The van der Waals surface area contributed by atoms with Gasteiger partial charge in [-0.3, -0.25) is 19.1 Å². The number of amides is 4. The summed E-state index contributed by atoms with van der Waals surface area (Å²) >= 11 is 0. The van der Waals surface area contributed by atoms with Crippen LogP contribution in [0, 0.1) is 18.3 Å². The molecule has 1 saturated heterocycles. The number of rotatable bonds is 11. The van der Waals surface area contributed by atoms with Crippen molar-refractivity contribution >= 4 is 44.9 Å². The van der Waals surface area contributed by atoms with Crippen molar-refractivity contribution in [3.63, 3.8) is 0 Å². The predicted molar refractivity (Wildman–Crippen MR) is 198 cm³/mol. The molecule has 2 saturated carbocycles. The highest BCUT2D eigenvalue weighted by Gasteiger charge is 2.62. The number of carbonyl (C=O) groups excluding carboxylic acids is 4. The molecule has 2 aromatic heterocycles.